The maximum atomic E-state index is 12.5. The number of rotatable bonds is 8. The van der Waals surface area contributed by atoms with Crippen molar-refractivity contribution < 1.29 is 14.3 Å². The highest BCUT2D eigenvalue weighted by atomic mass is 32.2. The second-order valence-corrected chi connectivity index (χ2v) is 7.15. The molecule has 1 heterocycles. The number of benzene rings is 2. The normalized spacial score (nSPS) is 10.4. The molecule has 0 spiro atoms. The summed E-state index contributed by atoms with van der Waals surface area (Å²) < 4.78 is 10.5. The summed E-state index contributed by atoms with van der Waals surface area (Å²) in [6.07, 6.45) is 2.19. The van der Waals surface area contributed by atoms with Gasteiger partial charge in [0.15, 0.2) is 23.0 Å². The number of carbonyl (C=O) groups is 1. The molecule has 1 aromatic heterocycles. The molecule has 0 aliphatic rings. The molecule has 150 valence electrons. The second kappa shape index (κ2) is 9.79. The number of nitrogens with one attached hydrogen (secondary N) is 1. The molecule has 0 atom stereocenters. The van der Waals surface area contributed by atoms with Gasteiger partial charge in [0.05, 0.1) is 20.4 Å². The highest BCUT2D eigenvalue weighted by Gasteiger charge is 2.14. The molecule has 3 N–H and O–H groups in total. The largest absolute Gasteiger partial charge is 0.493 e. The molecule has 0 saturated carbocycles. The third-order valence-electron chi connectivity index (χ3n) is 4.11. The van der Waals surface area contributed by atoms with Crippen molar-refractivity contribution in [1.29, 1.82) is 0 Å². The molecule has 0 unspecified atom stereocenters. The fraction of sp³-hybridized carbons (Fsp3) is 0.190. The van der Waals surface area contributed by atoms with Crippen LogP contribution in [0.1, 0.15) is 16.1 Å². The summed E-state index contributed by atoms with van der Waals surface area (Å²) in [4.78, 5) is 22.0. The number of ether oxygens (including phenoxy) is 2. The van der Waals surface area contributed by atoms with E-state index in [2.05, 4.69) is 15.3 Å². The minimum atomic E-state index is -0.356. The van der Waals surface area contributed by atoms with E-state index in [4.69, 9.17) is 15.2 Å². The molecule has 1 amide bonds. The van der Waals surface area contributed by atoms with Gasteiger partial charge in [-0.2, -0.15) is 0 Å². The van der Waals surface area contributed by atoms with Gasteiger partial charge in [0, 0.05) is 11.4 Å². The van der Waals surface area contributed by atoms with Crippen LogP contribution in [0.15, 0.2) is 64.6 Å². The van der Waals surface area contributed by atoms with Gasteiger partial charge in [-0.15, -0.1) is 0 Å². The van der Waals surface area contributed by atoms with Gasteiger partial charge in [-0.1, -0.05) is 36.0 Å². The zero-order chi connectivity index (χ0) is 20.6. The highest BCUT2D eigenvalue weighted by molar-refractivity contribution is 7.99. The van der Waals surface area contributed by atoms with E-state index in [0.717, 1.165) is 10.5 Å². The summed E-state index contributed by atoms with van der Waals surface area (Å²) >= 11 is 1.42. The molecular formula is C21H22N4O3S. The van der Waals surface area contributed by atoms with E-state index >= 15 is 0 Å². The average molecular weight is 410 g/mol. The lowest BCUT2D eigenvalue weighted by Gasteiger charge is -2.10. The van der Waals surface area contributed by atoms with Crippen molar-refractivity contribution in [3.8, 4) is 11.5 Å². The summed E-state index contributed by atoms with van der Waals surface area (Å²) in [5.74, 6) is 1.06. The third-order valence-corrected chi connectivity index (χ3v) is 5.02. The number of hydrogen-bond donors (Lipinski definition) is 2. The SMILES string of the molecule is COc1ccc(CCNC(=O)c2nc(Sc3ccccc3)cnc2N)cc1OC. The standard InChI is InChI=1S/C21H22N4O3S/c1-27-16-9-8-14(12-17(16)28-2)10-11-23-21(26)19-20(22)24-13-18(25-19)29-15-6-4-3-5-7-15/h3-9,12-13H,10-11H2,1-2H3,(H2,22,24)(H,23,26). The second-order valence-electron chi connectivity index (χ2n) is 6.05. The van der Waals surface area contributed by atoms with Crippen molar-refractivity contribution in [2.75, 3.05) is 26.5 Å². The Labute approximate surface area is 173 Å². The van der Waals surface area contributed by atoms with Crippen LogP contribution in [0.25, 0.3) is 0 Å². The van der Waals surface area contributed by atoms with Crippen molar-refractivity contribution in [3.05, 3.63) is 66.0 Å². The molecule has 3 rings (SSSR count). The number of nitrogens with zero attached hydrogens (tertiary/aromatic N) is 2. The number of nitrogens with two attached hydrogens (primary N) is 1. The lowest BCUT2D eigenvalue weighted by atomic mass is 10.1. The molecule has 0 saturated heterocycles. The van der Waals surface area contributed by atoms with Crippen LogP contribution >= 0.6 is 11.8 Å². The smallest absolute Gasteiger partial charge is 0.273 e. The Morgan fingerprint density at radius 3 is 2.59 bits per heavy atom. The molecule has 29 heavy (non-hydrogen) atoms. The molecule has 0 aliphatic carbocycles. The Morgan fingerprint density at radius 1 is 1.10 bits per heavy atom. The molecule has 8 heteroatoms. The Bertz CT molecular complexity index is 983. The highest BCUT2D eigenvalue weighted by Crippen LogP contribution is 2.28. The van der Waals surface area contributed by atoms with Gasteiger partial charge in [0.2, 0.25) is 0 Å². The van der Waals surface area contributed by atoms with Gasteiger partial charge in [0.1, 0.15) is 5.03 Å². The Balaban J connectivity index is 1.62. The number of hydrogen-bond acceptors (Lipinski definition) is 7. The first-order valence-corrected chi connectivity index (χ1v) is 9.77. The van der Waals surface area contributed by atoms with Crippen LogP contribution < -0.4 is 20.5 Å². The molecule has 3 aromatic rings. The molecule has 0 bridgehead atoms. The first-order valence-electron chi connectivity index (χ1n) is 8.95. The van der Waals surface area contributed by atoms with Crippen molar-refractivity contribution >= 4 is 23.5 Å². The monoisotopic (exact) mass is 410 g/mol. The van der Waals surface area contributed by atoms with E-state index in [1.165, 1.54) is 11.8 Å². The molecule has 0 radical (unpaired) electrons. The van der Waals surface area contributed by atoms with Gasteiger partial charge in [-0.3, -0.25) is 4.79 Å². The van der Waals surface area contributed by atoms with Gasteiger partial charge in [-0.05, 0) is 36.2 Å². The van der Waals surface area contributed by atoms with Gasteiger partial charge >= 0.3 is 0 Å². The maximum absolute atomic E-state index is 12.5. The van der Waals surface area contributed by atoms with E-state index in [0.29, 0.717) is 29.5 Å². The summed E-state index contributed by atoms with van der Waals surface area (Å²) in [5.41, 5.74) is 7.00. The predicted octanol–water partition coefficient (Wildman–Crippen LogP) is 3.20. The summed E-state index contributed by atoms with van der Waals surface area (Å²) in [6.45, 7) is 0.422. The van der Waals surface area contributed by atoms with Crippen LogP contribution in [0, 0.1) is 0 Å². The van der Waals surface area contributed by atoms with Crippen LogP contribution in [-0.4, -0.2) is 36.6 Å². The van der Waals surface area contributed by atoms with Gasteiger partial charge < -0.3 is 20.5 Å². The zero-order valence-electron chi connectivity index (χ0n) is 16.2. The number of aromatic nitrogens is 2. The minimum absolute atomic E-state index is 0.103. The van der Waals surface area contributed by atoms with Crippen molar-refractivity contribution in [2.45, 2.75) is 16.3 Å². The zero-order valence-corrected chi connectivity index (χ0v) is 17.0. The van der Waals surface area contributed by atoms with Crippen molar-refractivity contribution in [3.63, 3.8) is 0 Å². The number of anilines is 1. The van der Waals surface area contributed by atoms with Gasteiger partial charge in [0.25, 0.3) is 5.91 Å². The molecule has 7 nitrogen and oxygen atoms in total. The van der Waals surface area contributed by atoms with Crippen LogP contribution in [0.3, 0.4) is 0 Å². The molecule has 0 fully saturated rings. The van der Waals surface area contributed by atoms with Crippen LogP contribution in [0.4, 0.5) is 5.82 Å². The van der Waals surface area contributed by atoms with E-state index in [1.54, 1.807) is 20.4 Å². The number of carbonyl (C=O) groups excluding carboxylic acids is 1. The van der Waals surface area contributed by atoms with Crippen molar-refractivity contribution in [1.82, 2.24) is 15.3 Å². The van der Waals surface area contributed by atoms with E-state index in [-0.39, 0.29) is 17.4 Å². The fourth-order valence-electron chi connectivity index (χ4n) is 2.65. The first kappa shape index (κ1) is 20.5. The first-order chi connectivity index (χ1) is 14.1. The number of amides is 1. The summed E-state index contributed by atoms with van der Waals surface area (Å²) in [5, 5.41) is 3.45. The quantitative estimate of drug-likeness (QED) is 0.588. The maximum Gasteiger partial charge on any atom is 0.273 e. The van der Waals surface area contributed by atoms with E-state index < -0.39 is 0 Å². The average Bonchev–Trinajstić information content (AvgIpc) is 2.75. The molecule has 2 aromatic carbocycles. The molecular weight excluding hydrogens is 388 g/mol. The predicted molar refractivity (Wildman–Crippen MR) is 113 cm³/mol. The Hall–Kier alpha value is -3.26. The Kier molecular flexibility index (Phi) is 6.91. The lowest BCUT2D eigenvalue weighted by Crippen LogP contribution is -2.28. The topological polar surface area (TPSA) is 99.4 Å². The number of nitrogen functional groups attached to an aromatic ring is 1. The minimum Gasteiger partial charge on any atom is -0.493 e. The molecule has 0 aliphatic heterocycles. The van der Waals surface area contributed by atoms with Crippen LogP contribution in [-0.2, 0) is 6.42 Å². The fourth-order valence-corrected chi connectivity index (χ4v) is 3.43. The third kappa shape index (κ3) is 5.39. The van der Waals surface area contributed by atoms with Gasteiger partial charge in [-0.25, -0.2) is 9.97 Å². The van der Waals surface area contributed by atoms with E-state index in [9.17, 15) is 4.79 Å². The van der Waals surface area contributed by atoms with E-state index in [1.807, 2.05) is 48.5 Å². The lowest BCUT2D eigenvalue weighted by molar-refractivity contribution is 0.0949. The van der Waals surface area contributed by atoms with Crippen LogP contribution in [0.5, 0.6) is 11.5 Å². The van der Waals surface area contributed by atoms with Crippen LogP contribution in [0.2, 0.25) is 0 Å². The summed E-state index contributed by atoms with van der Waals surface area (Å²) in [6, 6.07) is 15.4. The van der Waals surface area contributed by atoms with Crippen molar-refractivity contribution in [2.24, 2.45) is 0 Å². The summed E-state index contributed by atoms with van der Waals surface area (Å²) in [7, 11) is 3.18. The Morgan fingerprint density at radius 2 is 1.86 bits per heavy atom. The number of methoxy groups -OCH3 is 2.